The maximum absolute atomic E-state index is 5.47. The van der Waals surface area contributed by atoms with E-state index in [0.29, 0.717) is 17.4 Å². The Morgan fingerprint density at radius 2 is 1.96 bits per heavy atom. The summed E-state index contributed by atoms with van der Waals surface area (Å²) in [5, 5.41) is 7.39. The summed E-state index contributed by atoms with van der Waals surface area (Å²) in [7, 11) is 1.63. The molecule has 7 nitrogen and oxygen atoms in total. The van der Waals surface area contributed by atoms with Crippen LogP contribution in [0.15, 0.2) is 40.9 Å². The second-order valence-corrected chi connectivity index (χ2v) is 6.52. The molecule has 28 heavy (non-hydrogen) atoms. The third kappa shape index (κ3) is 3.94. The van der Waals surface area contributed by atoms with Crippen molar-refractivity contribution in [1.29, 1.82) is 0 Å². The highest BCUT2D eigenvalue weighted by molar-refractivity contribution is 5.55. The van der Waals surface area contributed by atoms with E-state index in [9.17, 15) is 0 Å². The zero-order valence-electron chi connectivity index (χ0n) is 16.0. The molecule has 0 saturated carbocycles. The Morgan fingerprint density at radius 1 is 1.11 bits per heavy atom. The van der Waals surface area contributed by atoms with Crippen LogP contribution in [0.4, 0.5) is 0 Å². The van der Waals surface area contributed by atoms with Gasteiger partial charge in [0.2, 0.25) is 12.5 Å². The molecule has 0 unspecified atom stereocenters. The number of aryl methyl sites for hydroxylation is 1. The quantitative estimate of drug-likeness (QED) is 0.599. The van der Waals surface area contributed by atoms with Crippen molar-refractivity contribution in [3.8, 4) is 28.7 Å². The van der Waals surface area contributed by atoms with Crippen LogP contribution in [-0.2, 0) is 19.4 Å². The number of hydrogen-bond donors (Lipinski definition) is 1. The molecule has 0 radical (unpaired) electrons. The summed E-state index contributed by atoms with van der Waals surface area (Å²) in [4.78, 5) is 4.36. The van der Waals surface area contributed by atoms with Gasteiger partial charge >= 0.3 is 0 Å². The number of ether oxygens (including phenoxy) is 3. The van der Waals surface area contributed by atoms with Gasteiger partial charge in [-0.2, -0.15) is 4.98 Å². The molecule has 0 fully saturated rings. The molecule has 3 aromatic rings. The monoisotopic (exact) mass is 381 g/mol. The van der Waals surface area contributed by atoms with E-state index in [1.807, 2.05) is 31.2 Å². The fraction of sp³-hybridized carbons (Fsp3) is 0.333. The van der Waals surface area contributed by atoms with E-state index in [4.69, 9.17) is 18.7 Å². The summed E-state index contributed by atoms with van der Waals surface area (Å²) in [5.74, 6) is 3.41. The van der Waals surface area contributed by atoms with Crippen molar-refractivity contribution in [2.75, 3.05) is 20.4 Å². The number of nitrogens with one attached hydrogen (secondary N) is 1. The van der Waals surface area contributed by atoms with Gasteiger partial charge in [0.15, 0.2) is 17.3 Å². The molecule has 1 aliphatic rings. The Balaban J connectivity index is 1.30. The third-order valence-electron chi connectivity index (χ3n) is 4.62. The first kappa shape index (κ1) is 18.3. The van der Waals surface area contributed by atoms with Crippen molar-refractivity contribution in [2.45, 2.75) is 26.3 Å². The number of benzene rings is 2. The number of aromatic nitrogens is 2. The first-order valence-corrected chi connectivity index (χ1v) is 9.36. The van der Waals surface area contributed by atoms with Gasteiger partial charge in [0.05, 0.1) is 7.11 Å². The molecule has 7 heteroatoms. The zero-order valence-corrected chi connectivity index (χ0v) is 16.0. The largest absolute Gasteiger partial charge is 0.493 e. The lowest BCUT2D eigenvalue weighted by Gasteiger charge is -2.09. The van der Waals surface area contributed by atoms with Gasteiger partial charge in [0.1, 0.15) is 0 Å². The van der Waals surface area contributed by atoms with Crippen LogP contribution in [0.1, 0.15) is 23.9 Å². The molecule has 0 amide bonds. The summed E-state index contributed by atoms with van der Waals surface area (Å²) in [6, 6.07) is 12.2. The van der Waals surface area contributed by atoms with Crippen LogP contribution in [0.5, 0.6) is 17.2 Å². The SMILES string of the molecule is CCc1noc(-c2ccc(CCNCc3cc(OC)c4c(c3)OCO4)cc2)n1. The maximum atomic E-state index is 5.47. The molecular formula is C21H23N3O4. The summed E-state index contributed by atoms with van der Waals surface area (Å²) in [6.07, 6.45) is 1.69. The second kappa shape index (κ2) is 8.31. The minimum Gasteiger partial charge on any atom is -0.493 e. The average Bonchev–Trinajstić information content (AvgIpc) is 3.40. The molecule has 1 N–H and O–H groups in total. The van der Waals surface area contributed by atoms with Crippen molar-refractivity contribution in [2.24, 2.45) is 0 Å². The molecule has 146 valence electrons. The molecule has 2 aromatic carbocycles. The van der Waals surface area contributed by atoms with Crippen LogP contribution in [0, 0.1) is 0 Å². The summed E-state index contributed by atoms with van der Waals surface area (Å²) >= 11 is 0. The van der Waals surface area contributed by atoms with E-state index < -0.39 is 0 Å². The smallest absolute Gasteiger partial charge is 0.257 e. The molecule has 4 rings (SSSR count). The van der Waals surface area contributed by atoms with Crippen LogP contribution in [-0.4, -0.2) is 30.6 Å². The molecule has 0 spiro atoms. The standard InChI is InChI=1S/C21H23N3O4/c1-3-19-23-21(28-24-19)16-6-4-14(5-7-16)8-9-22-12-15-10-17(25-2)20-18(11-15)26-13-27-20/h4-7,10-11,22H,3,8-9,12-13H2,1-2H3. The normalized spacial score (nSPS) is 12.4. The van der Waals surface area contributed by atoms with Crippen molar-refractivity contribution in [1.82, 2.24) is 15.5 Å². The Bertz CT molecular complexity index is 937. The second-order valence-electron chi connectivity index (χ2n) is 6.52. The van der Waals surface area contributed by atoms with Crippen LogP contribution in [0.3, 0.4) is 0 Å². The molecular weight excluding hydrogens is 358 g/mol. The lowest BCUT2D eigenvalue weighted by Crippen LogP contribution is -2.16. The van der Waals surface area contributed by atoms with Crippen LogP contribution < -0.4 is 19.5 Å². The first-order chi connectivity index (χ1) is 13.8. The molecule has 2 heterocycles. The molecule has 1 aliphatic heterocycles. The number of rotatable bonds is 8. The van der Waals surface area contributed by atoms with E-state index in [-0.39, 0.29) is 6.79 Å². The highest BCUT2D eigenvalue weighted by atomic mass is 16.7. The molecule has 1 aromatic heterocycles. The number of nitrogens with zero attached hydrogens (tertiary/aromatic N) is 2. The van der Waals surface area contributed by atoms with E-state index in [1.54, 1.807) is 7.11 Å². The Morgan fingerprint density at radius 3 is 2.71 bits per heavy atom. The van der Waals surface area contributed by atoms with Gasteiger partial charge in [-0.15, -0.1) is 0 Å². The third-order valence-corrected chi connectivity index (χ3v) is 4.62. The lowest BCUT2D eigenvalue weighted by atomic mass is 10.1. The van der Waals surface area contributed by atoms with Crippen molar-refractivity contribution in [3.05, 3.63) is 53.3 Å². The molecule has 0 aliphatic carbocycles. The number of methoxy groups -OCH3 is 1. The predicted molar refractivity (Wildman–Crippen MR) is 104 cm³/mol. The van der Waals surface area contributed by atoms with Gasteiger partial charge in [-0.3, -0.25) is 0 Å². The Hall–Kier alpha value is -3.06. The van der Waals surface area contributed by atoms with Gasteiger partial charge in [-0.1, -0.05) is 24.2 Å². The molecule has 0 atom stereocenters. The van der Waals surface area contributed by atoms with Gasteiger partial charge in [-0.25, -0.2) is 0 Å². The summed E-state index contributed by atoms with van der Waals surface area (Å²) < 4.78 is 21.5. The van der Waals surface area contributed by atoms with Crippen LogP contribution in [0.25, 0.3) is 11.5 Å². The van der Waals surface area contributed by atoms with Crippen molar-refractivity contribution in [3.63, 3.8) is 0 Å². The number of fused-ring (bicyclic) bond motifs is 1. The Labute approximate surface area is 163 Å². The minimum absolute atomic E-state index is 0.238. The topological polar surface area (TPSA) is 78.6 Å². The van der Waals surface area contributed by atoms with E-state index >= 15 is 0 Å². The van der Waals surface area contributed by atoms with Crippen LogP contribution in [0.2, 0.25) is 0 Å². The Kier molecular flexibility index (Phi) is 5.43. The maximum Gasteiger partial charge on any atom is 0.257 e. The van der Waals surface area contributed by atoms with Gasteiger partial charge in [0.25, 0.3) is 5.89 Å². The zero-order chi connectivity index (χ0) is 19.3. The number of hydrogen-bond acceptors (Lipinski definition) is 7. The lowest BCUT2D eigenvalue weighted by molar-refractivity contribution is 0.171. The molecule has 0 saturated heterocycles. The van der Waals surface area contributed by atoms with Crippen molar-refractivity contribution < 1.29 is 18.7 Å². The van der Waals surface area contributed by atoms with Crippen molar-refractivity contribution >= 4 is 0 Å². The van der Waals surface area contributed by atoms with Gasteiger partial charge in [-0.05, 0) is 48.4 Å². The fourth-order valence-corrected chi connectivity index (χ4v) is 3.08. The van der Waals surface area contributed by atoms with E-state index in [0.717, 1.165) is 48.6 Å². The predicted octanol–water partition coefficient (Wildman–Crippen LogP) is 3.37. The fourth-order valence-electron chi connectivity index (χ4n) is 3.08. The van der Waals surface area contributed by atoms with Gasteiger partial charge < -0.3 is 24.1 Å². The van der Waals surface area contributed by atoms with Crippen LogP contribution >= 0.6 is 0 Å². The molecule has 0 bridgehead atoms. The van der Waals surface area contributed by atoms with E-state index in [2.05, 4.69) is 27.6 Å². The van der Waals surface area contributed by atoms with E-state index in [1.165, 1.54) is 5.56 Å². The highest BCUT2D eigenvalue weighted by Crippen LogP contribution is 2.41. The highest BCUT2D eigenvalue weighted by Gasteiger charge is 2.19. The summed E-state index contributed by atoms with van der Waals surface area (Å²) in [6.45, 7) is 3.83. The summed E-state index contributed by atoms with van der Waals surface area (Å²) in [5.41, 5.74) is 3.28. The van der Waals surface area contributed by atoms with Gasteiger partial charge in [0, 0.05) is 18.5 Å². The average molecular weight is 381 g/mol. The first-order valence-electron chi connectivity index (χ1n) is 9.36. The minimum atomic E-state index is 0.238.